The fourth-order valence-corrected chi connectivity index (χ4v) is 3.06. The smallest absolute Gasteiger partial charge is 0.226 e. The van der Waals surface area contributed by atoms with Gasteiger partial charge in [-0.05, 0) is 32.1 Å². The molecule has 1 amide bonds. The second-order valence-electron chi connectivity index (χ2n) is 5.20. The van der Waals surface area contributed by atoms with Crippen LogP contribution in [0, 0.1) is 5.92 Å². The quantitative estimate of drug-likeness (QED) is 0.780. The Morgan fingerprint density at radius 2 is 1.75 bits per heavy atom. The minimum atomic E-state index is 0.100. The summed E-state index contributed by atoms with van der Waals surface area (Å²) in [5.41, 5.74) is 0. The number of hydrogen-bond acceptors (Lipinski definition) is 2. The summed E-state index contributed by atoms with van der Waals surface area (Å²) in [4.78, 5) is 14.3. The van der Waals surface area contributed by atoms with Crippen molar-refractivity contribution in [3.05, 3.63) is 0 Å². The van der Waals surface area contributed by atoms with Crippen molar-refractivity contribution in [1.29, 1.82) is 0 Å². The van der Waals surface area contributed by atoms with Crippen molar-refractivity contribution in [2.24, 2.45) is 5.92 Å². The Labute approximate surface area is 97.8 Å². The summed E-state index contributed by atoms with van der Waals surface area (Å²) in [7, 11) is 0. The number of aliphatic hydroxyl groups excluding tert-OH is 1. The van der Waals surface area contributed by atoms with E-state index < -0.39 is 0 Å². The lowest BCUT2D eigenvalue weighted by molar-refractivity contribution is -0.141. The van der Waals surface area contributed by atoms with Crippen LogP contribution in [0.4, 0.5) is 0 Å². The summed E-state index contributed by atoms with van der Waals surface area (Å²) in [5.74, 6) is 0.569. The van der Waals surface area contributed by atoms with Crippen LogP contribution in [0.1, 0.15) is 51.4 Å². The van der Waals surface area contributed by atoms with Crippen LogP contribution >= 0.6 is 0 Å². The number of piperidine rings is 1. The molecule has 2 fully saturated rings. The standard InChI is InChI=1S/C13H23NO2/c15-10-12-8-4-5-9-14(12)13(16)11-6-2-1-3-7-11/h11-12,15H,1-10H2. The zero-order valence-electron chi connectivity index (χ0n) is 10.0. The van der Waals surface area contributed by atoms with Crippen molar-refractivity contribution in [3.63, 3.8) is 0 Å². The van der Waals surface area contributed by atoms with E-state index in [-0.39, 0.29) is 18.6 Å². The van der Waals surface area contributed by atoms with E-state index in [4.69, 9.17) is 0 Å². The summed E-state index contributed by atoms with van der Waals surface area (Å²) in [6.07, 6.45) is 9.06. The summed E-state index contributed by atoms with van der Waals surface area (Å²) in [6.45, 7) is 0.999. The highest BCUT2D eigenvalue weighted by atomic mass is 16.3. The van der Waals surface area contributed by atoms with Gasteiger partial charge in [0.15, 0.2) is 0 Å². The van der Waals surface area contributed by atoms with Gasteiger partial charge in [0.05, 0.1) is 12.6 Å². The molecule has 16 heavy (non-hydrogen) atoms. The molecule has 3 heteroatoms. The largest absolute Gasteiger partial charge is 0.394 e. The number of carbonyl (C=O) groups is 1. The van der Waals surface area contributed by atoms with Gasteiger partial charge in [0, 0.05) is 12.5 Å². The van der Waals surface area contributed by atoms with Gasteiger partial charge < -0.3 is 10.0 Å². The molecule has 2 rings (SSSR count). The molecule has 0 aromatic carbocycles. The second kappa shape index (κ2) is 5.67. The first-order valence-corrected chi connectivity index (χ1v) is 6.74. The Bertz CT molecular complexity index is 236. The van der Waals surface area contributed by atoms with E-state index >= 15 is 0 Å². The van der Waals surface area contributed by atoms with Crippen molar-refractivity contribution < 1.29 is 9.90 Å². The summed E-state index contributed by atoms with van der Waals surface area (Å²) in [5, 5.41) is 9.31. The molecular formula is C13H23NO2. The van der Waals surface area contributed by atoms with Crippen LogP contribution < -0.4 is 0 Å². The number of rotatable bonds is 2. The highest BCUT2D eigenvalue weighted by molar-refractivity contribution is 5.79. The lowest BCUT2D eigenvalue weighted by atomic mass is 9.87. The Hall–Kier alpha value is -0.570. The first kappa shape index (κ1) is 11.9. The molecule has 1 saturated carbocycles. The predicted molar refractivity (Wildman–Crippen MR) is 63.0 cm³/mol. The molecule has 1 aliphatic carbocycles. The Balaban J connectivity index is 1.95. The van der Waals surface area contributed by atoms with Crippen molar-refractivity contribution in [1.82, 2.24) is 4.90 Å². The van der Waals surface area contributed by atoms with Crippen LogP contribution in [-0.2, 0) is 4.79 Å². The van der Waals surface area contributed by atoms with Crippen molar-refractivity contribution in [2.75, 3.05) is 13.2 Å². The van der Waals surface area contributed by atoms with Gasteiger partial charge in [0.25, 0.3) is 0 Å². The molecule has 92 valence electrons. The molecule has 0 radical (unpaired) electrons. The molecule has 0 bridgehead atoms. The van der Waals surface area contributed by atoms with Gasteiger partial charge in [0.2, 0.25) is 5.91 Å². The highest BCUT2D eigenvalue weighted by Crippen LogP contribution is 2.28. The maximum absolute atomic E-state index is 12.3. The fraction of sp³-hybridized carbons (Fsp3) is 0.923. The van der Waals surface area contributed by atoms with Crippen LogP contribution in [0.3, 0.4) is 0 Å². The molecule has 1 heterocycles. The Morgan fingerprint density at radius 3 is 2.44 bits per heavy atom. The summed E-state index contributed by atoms with van der Waals surface area (Å²) in [6, 6.07) is 0.100. The second-order valence-corrected chi connectivity index (χ2v) is 5.20. The van der Waals surface area contributed by atoms with E-state index in [1.54, 1.807) is 0 Å². The monoisotopic (exact) mass is 225 g/mol. The number of likely N-dealkylation sites (tertiary alicyclic amines) is 1. The van der Waals surface area contributed by atoms with E-state index in [2.05, 4.69) is 0 Å². The average molecular weight is 225 g/mol. The average Bonchev–Trinajstić information content (AvgIpc) is 2.39. The lowest BCUT2D eigenvalue weighted by Gasteiger charge is -2.37. The summed E-state index contributed by atoms with van der Waals surface area (Å²) >= 11 is 0. The molecule has 1 N–H and O–H groups in total. The molecule has 0 spiro atoms. The van der Waals surface area contributed by atoms with Crippen LogP contribution in [0.25, 0.3) is 0 Å². The molecule has 3 nitrogen and oxygen atoms in total. The van der Waals surface area contributed by atoms with E-state index in [0.717, 1.165) is 38.6 Å². The maximum Gasteiger partial charge on any atom is 0.226 e. The number of hydrogen-bond donors (Lipinski definition) is 1. The Kier molecular flexibility index (Phi) is 4.22. The fourth-order valence-electron chi connectivity index (χ4n) is 3.06. The van der Waals surface area contributed by atoms with E-state index in [1.165, 1.54) is 19.3 Å². The van der Waals surface area contributed by atoms with Crippen LogP contribution in [0.2, 0.25) is 0 Å². The van der Waals surface area contributed by atoms with Gasteiger partial charge in [-0.3, -0.25) is 4.79 Å². The van der Waals surface area contributed by atoms with E-state index in [9.17, 15) is 9.90 Å². The van der Waals surface area contributed by atoms with Crippen molar-refractivity contribution in [3.8, 4) is 0 Å². The first-order valence-electron chi connectivity index (χ1n) is 6.74. The highest BCUT2D eigenvalue weighted by Gasteiger charge is 2.31. The Morgan fingerprint density at radius 1 is 1.06 bits per heavy atom. The van der Waals surface area contributed by atoms with Gasteiger partial charge >= 0.3 is 0 Å². The third-order valence-electron chi connectivity index (χ3n) is 4.08. The normalized spacial score (nSPS) is 28.1. The third kappa shape index (κ3) is 2.57. The number of amides is 1. The van der Waals surface area contributed by atoms with Crippen LogP contribution in [0.5, 0.6) is 0 Å². The molecule has 1 unspecified atom stereocenters. The topological polar surface area (TPSA) is 40.5 Å². The van der Waals surface area contributed by atoms with Gasteiger partial charge in [-0.1, -0.05) is 19.3 Å². The predicted octanol–water partition coefficient (Wildman–Crippen LogP) is 1.94. The van der Waals surface area contributed by atoms with Gasteiger partial charge in [0.1, 0.15) is 0 Å². The maximum atomic E-state index is 12.3. The zero-order chi connectivity index (χ0) is 11.4. The van der Waals surface area contributed by atoms with Crippen molar-refractivity contribution in [2.45, 2.75) is 57.4 Å². The van der Waals surface area contributed by atoms with E-state index in [0.29, 0.717) is 5.91 Å². The molecule has 1 saturated heterocycles. The van der Waals surface area contributed by atoms with Crippen LogP contribution in [0.15, 0.2) is 0 Å². The molecule has 2 aliphatic rings. The SMILES string of the molecule is O=C(C1CCCCC1)N1CCCCC1CO. The first-order chi connectivity index (χ1) is 7.83. The molecular weight excluding hydrogens is 202 g/mol. The zero-order valence-corrected chi connectivity index (χ0v) is 10.0. The number of nitrogens with zero attached hydrogens (tertiary/aromatic N) is 1. The molecule has 1 atom stereocenters. The van der Waals surface area contributed by atoms with Gasteiger partial charge in [-0.25, -0.2) is 0 Å². The lowest BCUT2D eigenvalue weighted by Crippen LogP contribution is -2.48. The van der Waals surface area contributed by atoms with Gasteiger partial charge in [-0.15, -0.1) is 0 Å². The minimum absolute atomic E-state index is 0.100. The molecule has 0 aromatic heterocycles. The minimum Gasteiger partial charge on any atom is -0.394 e. The third-order valence-corrected chi connectivity index (χ3v) is 4.08. The van der Waals surface area contributed by atoms with E-state index in [1.807, 2.05) is 4.90 Å². The molecule has 0 aromatic rings. The number of carbonyl (C=O) groups excluding carboxylic acids is 1. The summed E-state index contributed by atoms with van der Waals surface area (Å²) < 4.78 is 0. The van der Waals surface area contributed by atoms with Gasteiger partial charge in [-0.2, -0.15) is 0 Å². The van der Waals surface area contributed by atoms with Crippen molar-refractivity contribution >= 4 is 5.91 Å². The molecule has 1 aliphatic heterocycles. The van der Waals surface area contributed by atoms with Crippen LogP contribution in [-0.4, -0.2) is 35.1 Å². The number of aliphatic hydroxyl groups is 1.